The number of carbonyl (C=O) groups excluding carboxylic acids is 1. The minimum atomic E-state index is -4.89. The van der Waals surface area contributed by atoms with Crippen molar-refractivity contribution in [1.29, 1.82) is 0 Å². The van der Waals surface area contributed by atoms with Crippen molar-refractivity contribution in [1.82, 2.24) is 9.38 Å². The molecule has 0 N–H and O–H groups in total. The fourth-order valence-corrected chi connectivity index (χ4v) is 2.32. The SMILES string of the molecule is O=C(c1nc(C2CCC2)n2ccccc12)C(F)(F)F. The fraction of sp³-hybridized carbons (Fsp3) is 0.385. The van der Waals surface area contributed by atoms with Crippen LogP contribution in [-0.4, -0.2) is 21.3 Å². The highest BCUT2D eigenvalue weighted by atomic mass is 19.4. The van der Waals surface area contributed by atoms with Gasteiger partial charge in [0, 0.05) is 12.1 Å². The third-order valence-corrected chi connectivity index (χ3v) is 3.52. The van der Waals surface area contributed by atoms with Gasteiger partial charge >= 0.3 is 6.18 Å². The van der Waals surface area contributed by atoms with Gasteiger partial charge in [0.15, 0.2) is 0 Å². The molecule has 1 aliphatic rings. The standard InChI is InChI=1S/C13H11F3N2O/c14-13(15,16)11(19)10-9-6-1-2-7-18(9)12(17-10)8-4-3-5-8/h1-2,6-8H,3-5H2. The zero-order valence-electron chi connectivity index (χ0n) is 9.94. The van der Waals surface area contributed by atoms with Gasteiger partial charge in [0.1, 0.15) is 11.5 Å². The molecule has 6 heteroatoms. The number of rotatable bonds is 2. The van der Waals surface area contributed by atoms with E-state index in [1.54, 1.807) is 22.7 Å². The number of halogens is 3. The Hall–Kier alpha value is -1.85. The van der Waals surface area contributed by atoms with Crippen LogP contribution in [0.15, 0.2) is 24.4 Å². The number of alkyl halides is 3. The highest BCUT2D eigenvalue weighted by Crippen LogP contribution is 2.37. The van der Waals surface area contributed by atoms with Crippen molar-refractivity contribution in [3.8, 4) is 0 Å². The van der Waals surface area contributed by atoms with E-state index in [9.17, 15) is 18.0 Å². The van der Waals surface area contributed by atoms with Crippen LogP contribution in [0.5, 0.6) is 0 Å². The lowest BCUT2D eigenvalue weighted by molar-refractivity contribution is -0.0887. The summed E-state index contributed by atoms with van der Waals surface area (Å²) >= 11 is 0. The summed E-state index contributed by atoms with van der Waals surface area (Å²) in [6.45, 7) is 0. The zero-order chi connectivity index (χ0) is 13.6. The number of fused-ring (bicyclic) bond motifs is 1. The molecule has 0 unspecified atom stereocenters. The van der Waals surface area contributed by atoms with Gasteiger partial charge in [-0.3, -0.25) is 4.79 Å². The maximum atomic E-state index is 12.6. The highest BCUT2D eigenvalue weighted by Gasteiger charge is 2.42. The van der Waals surface area contributed by atoms with Crippen LogP contribution >= 0.6 is 0 Å². The van der Waals surface area contributed by atoms with E-state index in [0.29, 0.717) is 5.82 Å². The van der Waals surface area contributed by atoms with E-state index in [1.165, 1.54) is 6.07 Å². The van der Waals surface area contributed by atoms with Crippen LogP contribution < -0.4 is 0 Å². The molecule has 2 heterocycles. The van der Waals surface area contributed by atoms with E-state index in [0.717, 1.165) is 19.3 Å². The summed E-state index contributed by atoms with van der Waals surface area (Å²) in [6.07, 6.45) is -0.360. The Bertz CT molecular complexity index is 641. The predicted molar refractivity (Wildman–Crippen MR) is 62.2 cm³/mol. The van der Waals surface area contributed by atoms with Gasteiger partial charge in [-0.2, -0.15) is 13.2 Å². The molecule has 0 atom stereocenters. The summed E-state index contributed by atoms with van der Waals surface area (Å²) in [5.41, 5.74) is -0.262. The first kappa shape index (κ1) is 12.2. The largest absolute Gasteiger partial charge is 0.456 e. The summed E-state index contributed by atoms with van der Waals surface area (Å²) in [6, 6.07) is 4.82. The quantitative estimate of drug-likeness (QED) is 0.783. The maximum absolute atomic E-state index is 12.6. The first-order chi connectivity index (χ1) is 8.98. The monoisotopic (exact) mass is 268 g/mol. The number of aromatic nitrogens is 2. The third-order valence-electron chi connectivity index (χ3n) is 3.52. The summed E-state index contributed by atoms with van der Waals surface area (Å²) in [4.78, 5) is 15.4. The van der Waals surface area contributed by atoms with Gasteiger partial charge in [-0.25, -0.2) is 4.98 Å². The maximum Gasteiger partial charge on any atom is 0.456 e. The van der Waals surface area contributed by atoms with Crippen LogP contribution in [0, 0.1) is 0 Å². The van der Waals surface area contributed by atoms with Gasteiger partial charge in [-0.05, 0) is 25.0 Å². The molecule has 3 rings (SSSR count). The fourth-order valence-electron chi connectivity index (χ4n) is 2.32. The van der Waals surface area contributed by atoms with Crippen LogP contribution in [0.4, 0.5) is 13.2 Å². The molecular formula is C13H11F3N2O. The molecule has 1 aliphatic carbocycles. The van der Waals surface area contributed by atoms with Gasteiger partial charge in [-0.1, -0.05) is 12.5 Å². The molecule has 100 valence electrons. The Balaban J connectivity index is 2.17. The van der Waals surface area contributed by atoms with Gasteiger partial charge in [0.05, 0.1) is 5.52 Å². The molecule has 1 fully saturated rings. The number of nitrogens with zero attached hydrogens (tertiary/aromatic N) is 2. The van der Waals surface area contributed by atoms with Crippen molar-refractivity contribution in [2.45, 2.75) is 31.4 Å². The van der Waals surface area contributed by atoms with Crippen molar-refractivity contribution < 1.29 is 18.0 Å². The first-order valence-corrected chi connectivity index (χ1v) is 6.07. The number of ketones is 1. The van der Waals surface area contributed by atoms with E-state index >= 15 is 0 Å². The Labute approximate surface area is 107 Å². The normalized spacial score (nSPS) is 16.6. The second-order valence-electron chi connectivity index (χ2n) is 4.73. The summed E-state index contributed by atoms with van der Waals surface area (Å²) in [5, 5.41) is 0. The Morgan fingerprint density at radius 2 is 2.05 bits per heavy atom. The molecule has 3 nitrogen and oxygen atoms in total. The molecule has 0 amide bonds. The smallest absolute Gasteiger partial charge is 0.303 e. The van der Waals surface area contributed by atoms with Crippen molar-refractivity contribution in [3.63, 3.8) is 0 Å². The molecule has 0 saturated heterocycles. The molecule has 0 radical (unpaired) electrons. The molecule has 2 aromatic rings. The third kappa shape index (κ3) is 1.91. The molecular weight excluding hydrogens is 257 g/mol. The molecule has 1 saturated carbocycles. The lowest BCUT2D eigenvalue weighted by Gasteiger charge is -2.23. The molecule has 0 bridgehead atoms. The number of carbonyl (C=O) groups is 1. The Kier molecular flexibility index (Phi) is 2.62. The van der Waals surface area contributed by atoms with Crippen LogP contribution in [0.25, 0.3) is 5.52 Å². The van der Waals surface area contributed by atoms with Crippen LogP contribution in [0.3, 0.4) is 0 Å². The topological polar surface area (TPSA) is 34.4 Å². The van der Waals surface area contributed by atoms with Crippen molar-refractivity contribution >= 4 is 11.3 Å². The Morgan fingerprint density at radius 1 is 1.32 bits per heavy atom. The molecule has 0 aromatic carbocycles. The van der Waals surface area contributed by atoms with E-state index in [1.807, 2.05) is 0 Å². The number of hydrogen-bond acceptors (Lipinski definition) is 2. The minimum Gasteiger partial charge on any atom is -0.303 e. The summed E-state index contributed by atoms with van der Waals surface area (Å²) < 4.78 is 39.3. The molecule has 0 aliphatic heterocycles. The predicted octanol–water partition coefficient (Wildman–Crippen LogP) is 3.35. The van der Waals surface area contributed by atoms with Crippen LogP contribution in [0.1, 0.15) is 41.5 Å². The van der Waals surface area contributed by atoms with Crippen LogP contribution in [-0.2, 0) is 0 Å². The van der Waals surface area contributed by atoms with Crippen molar-refractivity contribution in [2.24, 2.45) is 0 Å². The van der Waals surface area contributed by atoms with Crippen LogP contribution in [0.2, 0.25) is 0 Å². The first-order valence-electron chi connectivity index (χ1n) is 6.07. The van der Waals surface area contributed by atoms with E-state index < -0.39 is 17.7 Å². The molecule has 2 aromatic heterocycles. The number of pyridine rings is 1. The van der Waals surface area contributed by atoms with E-state index in [2.05, 4.69) is 4.98 Å². The number of Topliss-reactive ketones (excluding diaryl/α,β-unsaturated/α-hetero) is 1. The van der Waals surface area contributed by atoms with Crippen molar-refractivity contribution in [3.05, 3.63) is 35.9 Å². The lowest BCUT2D eigenvalue weighted by Crippen LogP contribution is -2.23. The van der Waals surface area contributed by atoms with Gasteiger partial charge < -0.3 is 4.40 Å². The highest BCUT2D eigenvalue weighted by molar-refractivity contribution is 6.04. The number of hydrogen-bond donors (Lipinski definition) is 0. The lowest BCUT2D eigenvalue weighted by atomic mass is 9.85. The zero-order valence-corrected chi connectivity index (χ0v) is 9.94. The summed E-state index contributed by atoms with van der Waals surface area (Å²) in [7, 11) is 0. The van der Waals surface area contributed by atoms with E-state index in [-0.39, 0.29) is 11.4 Å². The van der Waals surface area contributed by atoms with Gasteiger partial charge in [0.2, 0.25) is 0 Å². The van der Waals surface area contributed by atoms with E-state index in [4.69, 9.17) is 0 Å². The second kappa shape index (κ2) is 4.08. The van der Waals surface area contributed by atoms with Gasteiger partial charge in [-0.15, -0.1) is 0 Å². The molecule has 0 spiro atoms. The Morgan fingerprint density at radius 3 is 2.63 bits per heavy atom. The summed E-state index contributed by atoms with van der Waals surface area (Å²) in [5.74, 6) is -1.15. The van der Waals surface area contributed by atoms with Gasteiger partial charge in [0.25, 0.3) is 5.78 Å². The second-order valence-corrected chi connectivity index (χ2v) is 4.73. The van der Waals surface area contributed by atoms with Crippen molar-refractivity contribution in [2.75, 3.05) is 0 Å². The number of imidazole rings is 1. The average molecular weight is 268 g/mol. The average Bonchev–Trinajstić information content (AvgIpc) is 2.65. The minimum absolute atomic E-state index is 0.157. The molecule has 19 heavy (non-hydrogen) atoms.